The number of hydrogen-bond acceptors (Lipinski definition) is 5. The molecule has 0 spiro atoms. The number of anilines is 3. The van der Waals surface area contributed by atoms with Gasteiger partial charge in [0, 0.05) is 19.1 Å². The van der Waals surface area contributed by atoms with Crippen molar-refractivity contribution in [1.82, 2.24) is 20.5 Å². The second kappa shape index (κ2) is 7.60. The number of nitrogens with zero attached hydrogens (tertiary/aromatic N) is 3. The van der Waals surface area contributed by atoms with Crippen LogP contribution in [-0.2, 0) is 0 Å². The first-order valence-electron chi connectivity index (χ1n) is 7.17. The SMILES string of the molecule is Nc1nc(N2CCC(NC(=O)Nc3cc[c-]cc3)CC2)n[nH]1.[Be+2].[H-]. The van der Waals surface area contributed by atoms with Gasteiger partial charge in [0.1, 0.15) is 0 Å². The van der Waals surface area contributed by atoms with Crippen molar-refractivity contribution in [3.63, 3.8) is 0 Å². The number of aromatic amines is 1. The topological polar surface area (TPSA) is 112 Å². The van der Waals surface area contributed by atoms with Crippen molar-refractivity contribution in [2.75, 3.05) is 29.0 Å². The molecule has 0 saturated carbocycles. The molecule has 23 heavy (non-hydrogen) atoms. The largest absolute Gasteiger partial charge is 2.00 e. The molecule has 0 aliphatic carbocycles. The van der Waals surface area contributed by atoms with Crippen LogP contribution in [0.4, 0.5) is 22.4 Å². The summed E-state index contributed by atoms with van der Waals surface area (Å²) >= 11 is 0. The van der Waals surface area contributed by atoms with Crippen molar-refractivity contribution in [1.29, 1.82) is 0 Å². The van der Waals surface area contributed by atoms with Crippen molar-refractivity contribution in [2.24, 2.45) is 0 Å². The average molecular weight is 310 g/mol. The molecule has 2 aromatic rings. The monoisotopic (exact) mass is 310 g/mol. The number of hydrogen-bond donors (Lipinski definition) is 4. The zero-order valence-corrected chi connectivity index (χ0v) is 12.7. The van der Waals surface area contributed by atoms with E-state index in [0.29, 0.717) is 11.9 Å². The van der Waals surface area contributed by atoms with E-state index in [0.717, 1.165) is 31.6 Å². The molecule has 8 nitrogen and oxygen atoms in total. The van der Waals surface area contributed by atoms with Gasteiger partial charge in [-0.15, -0.1) is 17.2 Å². The molecule has 0 unspecified atom stereocenters. The van der Waals surface area contributed by atoms with Crippen molar-refractivity contribution in [3.05, 3.63) is 30.3 Å². The number of nitrogens with two attached hydrogens (primary N) is 1. The van der Waals surface area contributed by atoms with Gasteiger partial charge in [0.2, 0.25) is 11.9 Å². The molecule has 1 saturated heterocycles. The summed E-state index contributed by atoms with van der Waals surface area (Å²) in [6.07, 6.45) is 1.68. The quantitative estimate of drug-likeness (QED) is 0.493. The van der Waals surface area contributed by atoms with Crippen LogP contribution in [0.15, 0.2) is 24.3 Å². The van der Waals surface area contributed by atoms with E-state index in [4.69, 9.17) is 5.73 Å². The Balaban J connectivity index is 0.00000144. The third-order valence-electron chi connectivity index (χ3n) is 3.58. The van der Waals surface area contributed by atoms with Crippen molar-refractivity contribution in [2.45, 2.75) is 18.9 Å². The van der Waals surface area contributed by atoms with Gasteiger partial charge < -0.3 is 22.7 Å². The summed E-state index contributed by atoms with van der Waals surface area (Å²) in [5, 5.41) is 12.5. The Bertz CT molecular complexity index is 631. The first-order valence-corrected chi connectivity index (χ1v) is 7.17. The van der Waals surface area contributed by atoms with Gasteiger partial charge in [-0.25, -0.2) is 9.89 Å². The van der Waals surface area contributed by atoms with Gasteiger partial charge in [-0.1, -0.05) is 5.69 Å². The number of carbonyl (C=O) groups is 1. The number of H-pyrrole nitrogens is 1. The van der Waals surface area contributed by atoms with E-state index in [-0.39, 0.29) is 23.6 Å². The van der Waals surface area contributed by atoms with Gasteiger partial charge in [0.25, 0.3) is 0 Å². The molecule has 5 N–H and O–H groups in total. The van der Waals surface area contributed by atoms with E-state index in [2.05, 4.69) is 36.8 Å². The Morgan fingerprint density at radius 2 is 2.09 bits per heavy atom. The Kier molecular flexibility index (Phi) is 5.54. The summed E-state index contributed by atoms with van der Waals surface area (Å²) in [6, 6.07) is 9.99. The fourth-order valence-corrected chi connectivity index (χ4v) is 2.45. The Morgan fingerprint density at radius 1 is 1.39 bits per heavy atom. The molecule has 1 aromatic carbocycles. The minimum Gasteiger partial charge on any atom is -1.00 e. The molecule has 0 bridgehead atoms. The molecular weight excluding hydrogens is 291 g/mol. The van der Waals surface area contributed by atoms with Gasteiger partial charge in [-0.05, 0) is 12.8 Å². The van der Waals surface area contributed by atoms with Crippen LogP contribution in [0.25, 0.3) is 0 Å². The van der Waals surface area contributed by atoms with Crippen LogP contribution >= 0.6 is 0 Å². The van der Waals surface area contributed by atoms with Gasteiger partial charge >= 0.3 is 16.2 Å². The predicted molar refractivity (Wildman–Crippen MR) is 90.3 cm³/mol. The molecule has 2 heterocycles. The fraction of sp³-hybridized carbons (Fsp3) is 0.357. The Hall–Kier alpha value is -2.60. The standard InChI is InChI=1S/C14H18N7O.Be.H/c15-12-18-13(20-19-12)21-8-6-11(7-9-21)17-14(22)16-10-4-2-1-3-5-10;;/h2-5,11H,6-9H2,(H2,16,17,22)(H3,15,18,19,20);;/q-1;+2;-1. The molecule has 1 aliphatic heterocycles. The number of nitrogens with one attached hydrogen (secondary N) is 3. The average Bonchev–Trinajstić information content (AvgIpc) is 2.95. The molecule has 9 heteroatoms. The summed E-state index contributed by atoms with van der Waals surface area (Å²) in [5.41, 5.74) is 6.28. The first-order chi connectivity index (χ1) is 10.7. The third-order valence-corrected chi connectivity index (χ3v) is 3.58. The van der Waals surface area contributed by atoms with Crippen molar-refractivity contribution < 1.29 is 6.22 Å². The van der Waals surface area contributed by atoms with Crippen LogP contribution in [0, 0.1) is 6.07 Å². The van der Waals surface area contributed by atoms with E-state index in [1.165, 1.54) is 0 Å². The summed E-state index contributed by atoms with van der Waals surface area (Å²) in [6.45, 7) is 1.56. The summed E-state index contributed by atoms with van der Waals surface area (Å²) in [7, 11) is 0. The smallest absolute Gasteiger partial charge is 1.00 e. The normalized spacial score (nSPS) is 14.9. The fourth-order valence-electron chi connectivity index (χ4n) is 2.45. The second-order valence-corrected chi connectivity index (χ2v) is 5.17. The third kappa shape index (κ3) is 4.43. The van der Waals surface area contributed by atoms with E-state index in [9.17, 15) is 4.79 Å². The van der Waals surface area contributed by atoms with Gasteiger partial charge in [-0.2, -0.15) is 23.2 Å². The molecule has 1 aromatic heterocycles. The zero-order chi connectivity index (χ0) is 15.4. The van der Waals surface area contributed by atoms with Crippen LogP contribution in [0.3, 0.4) is 0 Å². The number of benzene rings is 1. The number of carbonyl (C=O) groups excluding carboxylic acids is 1. The molecule has 0 atom stereocenters. The maximum Gasteiger partial charge on any atom is 2.00 e. The summed E-state index contributed by atoms with van der Waals surface area (Å²) < 4.78 is 0. The van der Waals surface area contributed by atoms with Gasteiger partial charge in [0.15, 0.2) is 0 Å². The molecule has 118 valence electrons. The van der Waals surface area contributed by atoms with Crippen LogP contribution in [0.1, 0.15) is 14.3 Å². The first kappa shape index (κ1) is 16.8. The summed E-state index contributed by atoms with van der Waals surface area (Å²) in [4.78, 5) is 18.1. The molecule has 1 fully saturated rings. The number of amides is 2. The van der Waals surface area contributed by atoms with E-state index < -0.39 is 0 Å². The Labute approximate surface area is 139 Å². The zero-order valence-electron chi connectivity index (χ0n) is 13.7. The van der Waals surface area contributed by atoms with E-state index >= 15 is 0 Å². The molecule has 1 aliphatic rings. The Morgan fingerprint density at radius 3 is 2.70 bits per heavy atom. The predicted octanol–water partition coefficient (Wildman–Crippen LogP) is 0.709. The summed E-state index contributed by atoms with van der Waals surface area (Å²) in [5.74, 6) is 0.927. The molecule has 2 amide bonds. The minimum atomic E-state index is -0.188. The second-order valence-electron chi connectivity index (χ2n) is 5.17. The number of piperidine rings is 1. The molecule has 0 radical (unpaired) electrons. The van der Waals surface area contributed by atoms with Gasteiger partial charge in [0.05, 0.1) is 0 Å². The van der Waals surface area contributed by atoms with E-state index in [1.807, 2.05) is 0 Å². The molecule has 3 rings (SSSR count). The van der Waals surface area contributed by atoms with Crippen LogP contribution in [0.2, 0.25) is 0 Å². The number of urea groups is 1. The maximum atomic E-state index is 11.9. The molecular formula is C14H19BeN7O. The van der Waals surface area contributed by atoms with Crippen molar-refractivity contribution in [3.8, 4) is 0 Å². The van der Waals surface area contributed by atoms with E-state index in [1.54, 1.807) is 24.3 Å². The van der Waals surface area contributed by atoms with Crippen LogP contribution in [0.5, 0.6) is 0 Å². The van der Waals surface area contributed by atoms with Crippen molar-refractivity contribution >= 4 is 33.7 Å². The number of rotatable bonds is 3. The number of aromatic nitrogens is 3. The van der Waals surface area contributed by atoms with Crippen LogP contribution < -0.4 is 21.3 Å². The van der Waals surface area contributed by atoms with Crippen LogP contribution in [-0.4, -0.2) is 50.5 Å². The maximum absolute atomic E-state index is 11.9. The minimum absolute atomic E-state index is 0. The number of nitrogen functional groups attached to an aromatic ring is 1. The van der Waals surface area contributed by atoms with Gasteiger partial charge in [-0.3, -0.25) is 0 Å².